The van der Waals surface area contributed by atoms with E-state index in [2.05, 4.69) is 15.0 Å². The molecule has 0 saturated carbocycles. The van der Waals surface area contributed by atoms with Crippen LogP contribution in [-0.4, -0.2) is 38.5 Å². The Bertz CT molecular complexity index is 745. The van der Waals surface area contributed by atoms with Gasteiger partial charge in [-0.05, 0) is 24.9 Å². The smallest absolute Gasteiger partial charge is 0.225 e. The Hall–Kier alpha value is -1.60. The van der Waals surface area contributed by atoms with Gasteiger partial charge in [-0.2, -0.15) is 9.97 Å². The highest BCUT2D eigenvalue weighted by Crippen LogP contribution is 2.34. The van der Waals surface area contributed by atoms with E-state index in [1.807, 2.05) is 18.9 Å². The van der Waals surface area contributed by atoms with Crippen LogP contribution in [0.5, 0.6) is 0 Å². The molecule has 3 heterocycles. The maximum atomic E-state index is 11.6. The van der Waals surface area contributed by atoms with Crippen molar-refractivity contribution in [3.8, 4) is 0 Å². The second kappa shape index (κ2) is 4.71. The second-order valence-corrected chi connectivity index (χ2v) is 6.22. The summed E-state index contributed by atoms with van der Waals surface area (Å²) in [6, 6.07) is 0. The van der Waals surface area contributed by atoms with Gasteiger partial charge < -0.3 is 15.2 Å². The third-order valence-electron chi connectivity index (χ3n) is 3.99. The number of nitrogens with zero attached hydrogens (tertiary/aromatic N) is 5. The van der Waals surface area contributed by atoms with Crippen molar-refractivity contribution in [3.05, 3.63) is 10.4 Å². The van der Waals surface area contributed by atoms with E-state index >= 15 is 0 Å². The van der Waals surface area contributed by atoms with Crippen LogP contribution in [-0.2, 0) is 11.8 Å². The minimum atomic E-state index is -0.550. The van der Waals surface area contributed by atoms with Gasteiger partial charge >= 0.3 is 0 Å². The molecule has 1 atom stereocenters. The highest BCUT2D eigenvalue weighted by molar-refractivity contribution is 6.35. The Morgan fingerprint density at radius 3 is 2.67 bits per heavy atom. The van der Waals surface area contributed by atoms with E-state index in [1.165, 1.54) is 0 Å². The minimum absolute atomic E-state index is 0.0561. The topological polar surface area (TPSA) is 89.9 Å². The fourth-order valence-electron chi connectivity index (χ4n) is 2.64. The zero-order valence-corrected chi connectivity index (χ0v) is 13.1. The highest BCUT2D eigenvalue weighted by atomic mass is 35.5. The van der Waals surface area contributed by atoms with Crippen molar-refractivity contribution < 1.29 is 4.79 Å². The summed E-state index contributed by atoms with van der Waals surface area (Å²) < 4.78 is 1.81. The number of aryl methyl sites for hydroxylation is 1. The van der Waals surface area contributed by atoms with Gasteiger partial charge in [-0.3, -0.25) is 4.79 Å². The van der Waals surface area contributed by atoms with E-state index in [4.69, 9.17) is 28.9 Å². The summed E-state index contributed by atoms with van der Waals surface area (Å²) >= 11 is 11.9. The minimum Gasteiger partial charge on any atom is -0.369 e. The summed E-state index contributed by atoms with van der Waals surface area (Å²) in [6.07, 6.45) is 0.686. The predicted molar refractivity (Wildman–Crippen MR) is 80.5 cm³/mol. The average molecular weight is 329 g/mol. The first kappa shape index (κ1) is 14.3. The molecule has 2 aromatic rings. The summed E-state index contributed by atoms with van der Waals surface area (Å²) in [5, 5.41) is 0.309. The van der Waals surface area contributed by atoms with E-state index in [0.717, 1.165) is 0 Å². The van der Waals surface area contributed by atoms with Crippen molar-refractivity contribution in [1.82, 2.24) is 19.5 Å². The molecule has 21 heavy (non-hydrogen) atoms. The van der Waals surface area contributed by atoms with Crippen molar-refractivity contribution in [1.29, 1.82) is 0 Å². The van der Waals surface area contributed by atoms with Crippen LogP contribution >= 0.6 is 23.2 Å². The maximum Gasteiger partial charge on any atom is 0.225 e. The maximum absolute atomic E-state index is 11.6. The van der Waals surface area contributed by atoms with Gasteiger partial charge in [0.05, 0.1) is 5.41 Å². The monoisotopic (exact) mass is 328 g/mol. The third kappa shape index (κ3) is 2.20. The lowest BCUT2D eigenvalue weighted by molar-refractivity contribution is -0.125. The SMILES string of the molecule is Cn1c(N2CCC(C)(C(N)=O)C2)nc2nc(Cl)nc(Cl)c21. The van der Waals surface area contributed by atoms with Crippen molar-refractivity contribution in [2.24, 2.45) is 18.2 Å². The number of hydrogen-bond acceptors (Lipinski definition) is 5. The van der Waals surface area contributed by atoms with E-state index < -0.39 is 5.41 Å². The fraction of sp³-hybridized carbons (Fsp3) is 0.500. The molecular formula is C12H14Cl2N6O. The van der Waals surface area contributed by atoms with Crippen LogP contribution in [0.25, 0.3) is 11.2 Å². The number of hydrogen-bond donors (Lipinski definition) is 1. The summed E-state index contributed by atoms with van der Waals surface area (Å²) in [4.78, 5) is 26.0. The summed E-state index contributed by atoms with van der Waals surface area (Å²) in [7, 11) is 1.83. The number of fused-ring (bicyclic) bond motifs is 1. The van der Waals surface area contributed by atoms with Gasteiger partial charge in [-0.1, -0.05) is 11.6 Å². The zero-order chi connectivity index (χ0) is 15.4. The lowest BCUT2D eigenvalue weighted by atomic mass is 9.89. The molecule has 9 heteroatoms. The molecule has 1 aliphatic heterocycles. The molecule has 2 aromatic heterocycles. The number of anilines is 1. The van der Waals surface area contributed by atoms with Crippen LogP contribution in [0.1, 0.15) is 13.3 Å². The number of imidazole rings is 1. The van der Waals surface area contributed by atoms with Crippen molar-refractivity contribution in [2.45, 2.75) is 13.3 Å². The van der Waals surface area contributed by atoms with Crippen LogP contribution in [0.4, 0.5) is 5.95 Å². The van der Waals surface area contributed by atoms with Gasteiger partial charge in [0, 0.05) is 20.1 Å². The third-order valence-corrected chi connectivity index (χ3v) is 4.42. The van der Waals surface area contributed by atoms with Gasteiger partial charge in [-0.15, -0.1) is 0 Å². The molecule has 0 spiro atoms. The number of amides is 1. The molecule has 1 aliphatic rings. The normalized spacial score (nSPS) is 22.2. The van der Waals surface area contributed by atoms with Crippen molar-refractivity contribution in [3.63, 3.8) is 0 Å². The number of carbonyl (C=O) groups excluding carboxylic acids is 1. The molecule has 7 nitrogen and oxygen atoms in total. The van der Waals surface area contributed by atoms with Crippen LogP contribution in [0, 0.1) is 5.41 Å². The van der Waals surface area contributed by atoms with E-state index in [0.29, 0.717) is 36.6 Å². The Morgan fingerprint density at radius 2 is 2.05 bits per heavy atom. The number of nitrogens with two attached hydrogens (primary N) is 1. The zero-order valence-electron chi connectivity index (χ0n) is 11.6. The van der Waals surface area contributed by atoms with Gasteiger partial charge in [0.15, 0.2) is 10.8 Å². The lowest BCUT2D eigenvalue weighted by Gasteiger charge is -2.21. The molecule has 0 radical (unpaired) electrons. The number of carbonyl (C=O) groups is 1. The molecule has 112 valence electrons. The molecule has 0 aromatic carbocycles. The Labute approximate surface area is 131 Å². The molecular weight excluding hydrogens is 315 g/mol. The molecule has 1 amide bonds. The largest absolute Gasteiger partial charge is 0.369 e. The first-order chi connectivity index (χ1) is 9.82. The number of aromatic nitrogens is 4. The summed E-state index contributed by atoms with van der Waals surface area (Å²) in [5.41, 5.74) is 5.98. The Kier molecular flexibility index (Phi) is 3.22. The number of halogens is 2. The molecule has 3 rings (SSSR count). The molecule has 1 unspecified atom stereocenters. The fourth-order valence-corrected chi connectivity index (χ4v) is 3.14. The van der Waals surface area contributed by atoms with Gasteiger partial charge in [0.25, 0.3) is 0 Å². The molecule has 1 saturated heterocycles. The number of primary amides is 1. The quantitative estimate of drug-likeness (QED) is 0.664. The molecule has 2 N–H and O–H groups in total. The summed E-state index contributed by atoms with van der Waals surface area (Å²) in [6.45, 7) is 3.06. The molecule has 0 aliphatic carbocycles. The van der Waals surface area contributed by atoms with Crippen LogP contribution in [0.2, 0.25) is 10.4 Å². The molecule has 0 bridgehead atoms. The average Bonchev–Trinajstić information content (AvgIpc) is 2.92. The van der Waals surface area contributed by atoms with E-state index in [-0.39, 0.29) is 16.3 Å². The standard InChI is InChI=1S/C12H14Cl2N6O/c1-12(9(15)21)3-4-20(5-12)11-18-8-6(19(11)2)7(13)16-10(14)17-8/h3-5H2,1-2H3,(H2,15,21). The first-order valence-electron chi connectivity index (χ1n) is 6.42. The predicted octanol–water partition coefficient (Wildman–Crippen LogP) is 1.37. The van der Waals surface area contributed by atoms with Crippen molar-refractivity contribution >= 4 is 46.2 Å². The van der Waals surface area contributed by atoms with E-state index in [9.17, 15) is 4.79 Å². The first-order valence-corrected chi connectivity index (χ1v) is 7.18. The van der Waals surface area contributed by atoms with E-state index in [1.54, 1.807) is 4.57 Å². The van der Waals surface area contributed by atoms with Gasteiger partial charge in [0.1, 0.15) is 5.52 Å². The Morgan fingerprint density at radius 1 is 1.33 bits per heavy atom. The number of rotatable bonds is 2. The highest BCUT2D eigenvalue weighted by Gasteiger charge is 2.40. The van der Waals surface area contributed by atoms with Crippen LogP contribution < -0.4 is 10.6 Å². The van der Waals surface area contributed by atoms with Gasteiger partial charge in [0.2, 0.25) is 17.1 Å². The second-order valence-electron chi connectivity index (χ2n) is 5.52. The summed E-state index contributed by atoms with van der Waals surface area (Å²) in [5.74, 6) is 0.373. The molecule has 1 fully saturated rings. The van der Waals surface area contributed by atoms with Gasteiger partial charge in [-0.25, -0.2) is 4.98 Å². The van der Waals surface area contributed by atoms with Crippen LogP contribution in [0.3, 0.4) is 0 Å². The van der Waals surface area contributed by atoms with Crippen molar-refractivity contribution in [2.75, 3.05) is 18.0 Å². The lowest BCUT2D eigenvalue weighted by Crippen LogP contribution is -2.37. The van der Waals surface area contributed by atoms with Crippen LogP contribution in [0.15, 0.2) is 0 Å². The Balaban J connectivity index is 2.05.